The average Bonchev–Trinajstić information content (AvgIpc) is 2.50. The van der Waals surface area contributed by atoms with Crippen molar-refractivity contribution in [3.05, 3.63) is 71.3 Å². The topological polar surface area (TPSA) is 66.4 Å². The zero-order valence-corrected chi connectivity index (χ0v) is 12.5. The standard InChI is InChI=1S/C18H19NO3/c1-13-7-5-6-10-15(13)12-17(20)19-16(18(21)22)11-14-8-3-2-4-9-14/h2-10,16H,11-12H2,1H3,(H,19,20)(H,21,22)/t16-/m0/s1. The number of hydrogen-bond acceptors (Lipinski definition) is 2. The predicted molar refractivity (Wildman–Crippen MR) is 84.6 cm³/mol. The van der Waals surface area contributed by atoms with E-state index in [4.69, 9.17) is 0 Å². The quantitative estimate of drug-likeness (QED) is 0.860. The first kappa shape index (κ1) is 15.8. The van der Waals surface area contributed by atoms with E-state index in [-0.39, 0.29) is 18.7 Å². The summed E-state index contributed by atoms with van der Waals surface area (Å²) in [6.07, 6.45) is 0.459. The molecule has 0 aliphatic heterocycles. The van der Waals surface area contributed by atoms with Gasteiger partial charge < -0.3 is 10.4 Å². The number of carboxylic acids is 1. The van der Waals surface area contributed by atoms with Crippen molar-refractivity contribution in [1.82, 2.24) is 5.32 Å². The third kappa shape index (κ3) is 4.45. The molecule has 1 atom stereocenters. The Kier molecular flexibility index (Phi) is 5.31. The zero-order valence-electron chi connectivity index (χ0n) is 12.5. The summed E-state index contributed by atoms with van der Waals surface area (Å²) < 4.78 is 0. The Hall–Kier alpha value is -2.62. The van der Waals surface area contributed by atoms with Gasteiger partial charge >= 0.3 is 5.97 Å². The van der Waals surface area contributed by atoms with Crippen LogP contribution in [0.15, 0.2) is 54.6 Å². The van der Waals surface area contributed by atoms with Crippen molar-refractivity contribution in [1.29, 1.82) is 0 Å². The molecule has 0 bridgehead atoms. The lowest BCUT2D eigenvalue weighted by Crippen LogP contribution is -2.43. The van der Waals surface area contributed by atoms with Crippen LogP contribution in [0, 0.1) is 6.92 Å². The van der Waals surface area contributed by atoms with Gasteiger partial charge in [0.05, 0.1) is 6.42 Å². The van der Waals surface area contributed by atoms with Crippen LogP contribution in [0.5, 0.6) is 0 Å². The SMILES string of the molecule is Cc1ccccc1CC(=O)N[C@@H](Cc1ccccc1)C(=O)O. The van der Waals surface area contributed by atoms with Crippen molar-refractivity contribution >= 4 is 11.9 Å². The summed E-state index contributed by atoms with van der Waals surface area (Å²) in [6.45, 7) is 1.93. The molecule has 0 saturated carbocycles. The largest absolute Gasteiger partial charge is 0.480 e. The van der Waals surface area contributed by atoms with Gasteiger partial charge in [-0.2, -0.15) is 0 Å². The van der Waals surface area contributed by atoms with E-state index in [2.05, 4.69) is 5.32 Å². The molecule has 0 unspecified atom stereocenters. The van der Waals surface area contributed by atoms with Crippen molar-refractivity contribution < 1.29 is 14.7 Å². The Morgan fingerprint density at radius 1 is 1.05 bits per heavy atom. The van der Waals surface area contributed by atoms with E-state index in [1.165, 1.54) is 0 Å². The lowest BCUT2D eigenvalue weighted by Gasteiger charge is -2.15. The highest BCUT2D eigenvalue weighted by Crippen LogP contribution is 2.08. The van der Waals surface area contributed by atoms with Crippen molar-refractivity contribution in [2.75, 3.05) is 0 Å². The number of nitrogens with one attached hydrogen (secondary N) is 1. The van der Waals surface area contributed by atoms with Crippen LogP contribution < -0.4 is 5.32 Å². The second-order valence-corrected chi connectivity index (χ2v) is 5.25. The molecule has 0 aromatic heterocycles. The van der Waals surface area contributed by atoms with Gasteiger partial charge in [0.25, 0.3) is 0 Å². The molecule has 0 spiro atoms. The number of hydrogen-bond donors (Lipinski definition) is 2. The summed E-state index contributed by atoms with van der Waals surface area (Å²) in [5, 5.41) is 11.9. The Morgan fingerprint density at radius 2 is 1.68 bits per heavy atom. The van der Waals surface area contributed by atoms with Gasteiger partial charge in [0, 0.05) is 6.42 Å². The molecule has 114 valence electrons. The average molecular weight is 297 g/mol. The second-order valence-electron chi connectivity index (χ2n) is 5.25. The van der Waals surface area contributed by atoms with Crippen LogP contribution >= 0.6 is 0 Å². The number of carbonyl (C=O) groups excluding carboxylic acids is 1. The van der Waals surface area contributed by atoms with Gasteiger partial charge in [-0.3, -0.25) is 4.79 Å². The molecule has 1 amide bonds. The molecule has 0 aliphatic carbocycles. The Balaban J connectivity index is 2.00. The molecule has 0 saturated heterocycles. The molecule has 0 fully saturated rings. The lowest BCUT2D eigenvalue weighted by molar-refractivity contribution is -0.141. The van der Waals surface area contributed by atoms with Gasteiger partial charge in [-0.25, -0.2) is 4.79 Å². The van der Waals surface area contributed by atoms with Crippen molar-refractivity contribution in [3.8, 4) is 0 Å². The summed E-state index contributed by atoms with van der Waals surface area (Å²) in [6, 6.07) is 15.9. The highest BCUT2D eigenvalue weighted by molar-refractivity contribution is 5.85. The van der Waals surface area contributed by atoms with Crippen LogP contribution in [0.4, 0.5) is 0 Å². The van der Waals surface area contributed by atoms with Gasteiger partial charge in [0.1, 0.15) is 6.04 Å². The number of aryl methyl sites for hydroxylation is 1. The highest BCUT2D eigenvalue weighted by Gasteiger charge is 2.20. The van der Waals surface area contributed by atoms with Crippen molar-refractivity contribution in [2.45, 2.75) is 25.8 Å². The van der Waals surface area contributed by atoms with Crippen LogP contribution in [0.1, 0.15) is 16.7 Å². The molecule has 2 N–H and O–H groups in total. The number of benzene rings is 2. The van der Waals surface area contributed by atoms with Crippen LogP contribution in [0.25, 0.3) is 0 Å². The van der Waals surface area contributed by atoms with E-state index in [0.717, 1.165) is 16.7 Å². The third-order valence-corrected chi connectivity index (χ3v) is 3.53. The van der Waals surface area contributed by atoms with Crippen LogP contribution in [-0.4, -0.2) is 23.0 Å². The Labute approximate surface area is 129 Å². The minimum Gasteiger partial charge on any atom is -0.480 e. The lowest BCUT2D eigenvalue weighted by atomic mass is 10.0. The van der Waals surface area contributed by atoms with Crippen LogP contribution in [0.3, 0.4) is 0 Å². The fraction of sp³-hybridized carbons (Fsp3) is 0.222. The zero-order chi connectivity index (χ0) is 15.9. The van der Waals surface area contributed by atoms with Crippen LogP contribution in [0.2, 0.25) is 0 Å². The molecule has 22 heavy (non-hydrogen) atoms. The van der Waals surface area contributed by atoms with Gasteiger partial charge in [0.2, 0.25) is 5.91 Å². The Morgan fingerprint density at radius 3 is 2.32 bits per heavy atom. The summed E-state index contributed by atoms with van der Waals surface area (Å²) >= 11 is 0. The van der Waals surface area contributed by atoms with E-state index in [1.54, 1.807) is 0 Å². The van der Waals surface area contributed by atoms with Gasteiger partial charge in [-0.1, -0.05) is 54.6 Å². The number of aliphatic carboxylic acids is 1. The van der Waals surface area contributed by atoms with E-state index in [1.807, 2.05) is 61.5 Å². The molecule has 4 heteroatoms. The molecular formula is C18H19NO3. The first-order valence-corrected chi connectivity index (χ1v) is 7.17. The molecule has 2 rings (SSSR count). The molecular weight excluding hydrogens is 278 g/mol. The molecule has 2 aromatic carbocycles. The van der Waals surface area contributed by atoms with Crippen molar-refractivity contribution in [3.63, 3.8) is 0 Å². The first-order valence-electron chi connectivity index (χ1n) is 7.17. The van der Waals surface area contributed by atoms with E-state index < -0.39 is 12.0 Å². The van der Waals surface area contributed by atoms with Crippen molar-refractivity contribution in [2.24, 2.45) is 0 Å². The fourth-order valence-electron chi connectivity index (χ4n) is 2.28. The van der Waals surface area contributed by atoms with Gasteiger partial charge in [-0.15, -0.1) is 0 Å². The minimum absolute atomic E-state index is 0.186. The maximum atomic E-state index is 12.1. The number of amides is 1. The molecule has 4 nitrogen and oxygen atoms in total. The minimum atomic E-state index is -1.03. The monoisotopic (exact) mass is 297 g/mol. The molecule has 0 heterocycles. The highest BCUT2D eigenvalue weighted by atomic mass is 16.4. The smallest absolute Gasteiger partial charge is 0.326 e. The second kappa shape index (κ2) is 7.41. The summed E-state index contributed by atoms with van der Waals surface area (Å²) in [5.41, 5.74) is 2.81. The maximum Gasteiger partial charge on any atom is 0.326 e. The normalized spacial score (nSPS) is 11.7. The first-order chi connectivity index (χ1) is 10.6. The summed E-state index contributed by atoms with van der Waals surface area (Å²) in [5.74, 6) is -1.31. The van der Waals surface area contributed by atoms with E-state index in [9.17, 15) is 14.7 Å². The predicted octanol–water partition coefficient (Wildman–Crippen LogP) is 2.35. The maximum absolute atomic E-state index is 12.1. The van der Waals surface area contributed by atoms with E-state index in [0.29, 0.717) is 0 Å². The summed E-state index contributed by atoms with van der Waals surface area (Å²) in [4.78, 5) is 23.4. The molecule has 0 radical (unpaired) electrons. The van der Waals surface area contributed by atoms with Gasteiger partial charge in [0.15, 0.2) is 0 Å². The number of rotatable bonds is 6. The summed E-state index contributed by atoms with van der Waals surface area (Å²) in [7, 11) is 0. The van der Waals surface area contributed by atoms with Crippen LogP contribution in [-0.2, 0) is 22.4 Å². The molecule has 2 aromatic rings. The van der Waals surface area contributed by atoms with E-state index >= 15 is 0 Å². The number of carboxylic acid groups (broad SMARTS) is 1. The Bertz CT molecular complexity index is 652. The number of carbonyl (C=O) groups is 2. The molecule has 0 aliphatic rings. The fourth-order valence-corrected chi connectivity index (χ4v) is 2.28. The third-order valence-electron chi connectivity index (χ3n) is 3.53. The van der Waals surface area contributed by atoms with Gasteiger partial charge in [-0.05, 0) is 23.6 Å².